The molecule has 0 bridgehead atoms. The number of aromatic amines is 2. The fourth-order valence-corrected chi connectivity index (χ4v) is 3.99. The Kier molecular flexibility index (Phi) is 8.24. The van der Waals surface area contributed by atoms with Crippen molar-refractivity contribution < 1.29 is 4.74 Å². The van der Waals surface area contributed by atoms with Gasteiger partial charge in [0.15, 0.2) is 5.65 Å². The average Bonchev–Trinajstić information content (AvgIpc) is 3.56. The van der Waals surface area contributed by atoms with E-state index in [1.807, 2.05) is 45.9 Å². The number of fused-ring (bicyclic) bond motifs is 1. The highest BCUT2D eigenvalue weighted by Gasteiger charge is 2.27. The quantitative estimate of drug-likeness (QED) is 0.475. The molecule has 1 aromatic carbocycles. The van der Waals surface area contributed by atoms with Crippen LogP contribution in [0.1, 0.15) is 45.6 Å². The topological polar surface area (TPSA) is 108 Å². The minimum Gasteiger partial charge on any atom is -0.497 e. The van der Waals surface area contributed by atoms with Crippen molar-refractivity contribution in [1.29, 1.82) is 0 Å². The number of anilines is 1. The molecule has 1 fully saturated rings. The number of methoxy groups -OCH3 is 1. The maximum absolute atomic E-state index is 12.3. The lowest BCUT2D eigenvalue weighted by Crippen LogP contribution is -2.24. The second-order valence-electron chi connectivity index (χ2n) is 7.30. The smallest absolute Gasteiger partial charge is 0.325 e. The van der Waals surface area contributed by atoms with Crippen molar-refractivity contribution in [2.45, 2.75) is 40.0 Å². The molecule has 0 aliphatic carbocycles. The molecule has 4 heterocycles. The highest BCUT2D eigenvalue weighted by Crippen LogP contribution is 2.34. The number of nitrogens with zero attached hydrogens (tertiary/aromatic N) is 4. The normalized spacial score (nSPS) is 14.7. The van der Waals surface area contributed by atoms with Gasteiger partial charge in [0, 0.05) is 37.6 Å². The molecule has 3 aromatic heterocycles. The number of imidazole rings is 1. The van der Waals surface area contributed by atoms with Crippen LogP contribution in [-0.2, 0) is 0 Å². The van der Waals surface area contributed by atoms with Crippen LogP contribution < -0.4 is 20.9 Å². The summed E-state index contributed by atoms with van der Waals surface area (Å²) in [4.78, 5) is 35.1. The number of H-pyrrole nitrogens is 2. The van der Waals surface area contributed by atoms with Crippen molar-refractivity contribution in [3.63, 3.8) is 0 Å². The predicted molar refractivity (Wildman–Crippen MR) is 135 cm³/mol. The summed E-state index contributed by atoms with van der Waals surface area (Å²) in [6, 6.07) is 10.0. The molecule has 5 rings (SSSR count). The van der Waals surface area contributed by atoms with Gasteiger partial charge in [0.1, 0.15) is 11.4 Å². The second-order valence-corrected chi connectivity index (χ2v) is 7.30. The van der Waals surface area contributed by atoms with Gasteiger partial charge in [-0.25, -0.2) is 14.3 Å². The van der Waals surface area contributed by atoms with Gasteiger partial charge in [-0.3, -0.25) is 9.78 Å². The first kappa shape index (κ1) is 24.8. The van der Waals surface area contributed by atoms with Crippen molar-refractivity contribution in [3.8, 4) is 17.0 Å². The molecule has 9 nitrogen and oxygen atoms in total. The summed E-state index contributed by atoms with van der Waals surface area (Å²) in [7, 11) is 1.66. The first-order valence-electron chi connectivity index (χ1n) is 11.7. The first-order valence-corrected chi connectivity index (χ1v) is 11.7. The van der Waals surface area contributed by atoms with Crippen LogP contribution >= 0.6 is 0 Å². The Morgan fingerprint density at radius 2 is 1.82 bits per heavy atom. The van der Waals surface area contributed by atoms with Gasteiger partial charge in [-0.15, -0.1) is 0 Å². The van der Waals surface area contributed by atoms with Gasteiger partial charge in [-0.1, -0.05) is 39.8 Å². The third-order valence-corrected chi connectivity index (χ3v) is 5.55. The number of nitrogens with one attached hydrogen (secondary N) is 2. The lowest BCUT2D eigenvalue weighted by atomic mass is 9.98. The summed E-state index contributed by atoms with van der Waals surface area (Å²) in [5.41, 5.74) is 2.66. The molecule has 1 aliphatic heterocycles. The van der Waals surface area contributed by atoms with Gasteiger partial charge in [0.2, 0.25) is 0 Å². The van der Waals surface area contributed by atoms with Gasteiger partial charge in [-0.2, -0.15) is 5.10 Å². The zero-order valence-electron chi connectivity index (χ0n) is 20.3. The fourth-order valence-electron chi connectivity index (χ4n) is 3.99. The molecule has 0 saturated carbocycles. The molecule has 0 amide bonds. The number of rotatable bonds is 4. The molecule has 9 heteroatoms. The van der Waals surface area contributed by atoms with E-state index >= 15 is 0 Å². The molecule has 180 valence electrons. The van der Waals surface area contributed by atoms with Gasteiger partial charge < -0.3 is 14.6 Å². The molecule has 2 N–H and O–H groups in total. The van der Waals surface area contributed by atoms with E-state index < -0.39 is 11.2 Å². The Morgan fingerprint density at radius 1 is 1.09 bits per heavy atom. The monoisotopic (exact) mass is 464 g/mol. The van der Waals surface area contributed by atoms with Crippen LogP contribution in [0.2, 0.25) is 0 Å². The highest BCUT2D eigenvalue weighted by molar-refractivity contribution is 5.74. The maximum atomic E-state index is 12.3. The molecule has 1 atom stereocenters. The van der Waals surface area contributed by atoms with E-state index in [4.69, 9.17) is 4.74 Å². The van der Waals surface area contributed by atoms with E-state index in [1.54, 1.807) is 24.0 Å². The lowest BCUT2D eigenvalue weighted by molar-refractivity contribution is 0.414. The first-order chi connectivity index (χ1) is 16.6. The Balaban J connectivity index is 0.000000771. The second kappa shape index (κ2) is 11.3. The summed E-state index contributed by atoms with van der Waals surface area (Å²) in [6.07, 6.45) is 5.83. The molecule has 0 radical (unpaired) electrons. The van der Waals surface area contributed by atoms with Crippen molar-refractivity contribution in [2.75, 3.05) is 25.1 Å². The lowest BCUT2D eigenvalue weighted by Gasteiger charge is -2.20. The Morgan fingerprint density at radius 3 is 2.50 bits per heavy atom. The number of hydrogen-bond donors (Lipinski definition) is 2. The molecule has 1 unspecified atom stereocenters. The Hall–Kier alpha value is -3.88. The maximum Gasteiger partial charge on any atom is 0.325 e. The Labute approximate surface area is 198 Å². The van der Waals surface area contributed by atoms with Crippen LogP contribution in [0.5, 0.6) is 5.75 Å². The minimum absolute atomic E-state index is 0.303. The average molecular weight is 465 g/mol. The van der Waals surface area contributed by atoms with Crippen LogP contribution in [0.15, 0.2) is 58.5 Å². The molecule has 4 aromatic rings. The van der Waals surface area contributed by atoms with E-state index in [0.29, 0.717) is 17.2 Å². The van der Waals surface area contributed by atoms with E-state index in [0.717, 1.165) is 36.6 Å². The predicted octanol–water partition coefficient (Wildman–Crippen LogP) is 3.83. The van der Waals surface area contributed by atoms with E-state index in [2.05, 4.69) is 37.1 Å². The fraction of sp³-hybridized carbons (Fsp3) is 0.360. The zero-order chi connectivity index (χ0) is 24.7. The summed E-state index contributed by atoms with van der Waals surface area (Å²) in [5, 5.41) is 4.50. The molecule has 1 aliphatic rings. The number of hydrogen-bond acceptors (Lipinski definition) is 6. The van der Waals surface area contributed by atoms with Crippen LogP contribution in [0.25, 0.3) is 16.9 Å². The summed E-state index contributed by atoms with van der Waals surface area (Å²) < 4.78 is 6.92. The van der Waals surface area contributed by atoms with Crippen molar-refractivity contribution in [3.05, 3.63) is 75.3 Å². The van der Waals surface area contributed by atoms with Gasteiger partial charge in [0.05, 0.1) is 18.4 Å². The number of benzene rings is 1. The van der Waals surface area contributed by atoms with Crippen LogP contribution in [0, 0.1) is 0 Å². The van der Waals surface area contributed by atoms with Crippen molar-refractivity contribution in [1.82, 2.24) is 24.6 Å². The SMILES string of the molecule is CC.CC.COc1ccc(C2CCN(c3cc(-c4c[nH]c(=O)[nH]c4=O)nn4ccnc34)C2)cc1. The van der Waals surface area contributed by atoms with E-state index in [1.165, 1.54) is 11.8 Å². The Bertz CT molecular complexity index is 1320. The summed E-state index contributed by atoms with van der Waals surface area (Å²) >= 11 is 0. The van der Waals surface area contributed by atoms with Gasteiger partial charge in [0.25, 0.3) is 5.56 Å². The highest BCUT2D eigenvalue weighted by atomic mass is 16.5. The molecule has 34 heavy (non-hydrogen) atoms. The molecular formula is C25H32N6O3. The molecular weight excluding hydrogens is 432 g/mol. The van der Waals surface area contributed by atoms with Crippen LogP contribution in [0.4, 0.5) is 5.69 Å². The van der Waals surface area contributed by atoms with Gasteiger partial charge >= 0.3 is 5.69 Å². The molecule has 0 spiro atoms. The minimum atomic E-state index is -0.547. The van der Waals surface area contributed by atoms with Gasteiger partial charge in [-0.05, 0) is 30.2 Å². The summed E-state index contributed by atoms with van der Waals surface area (Å²) in [6.45, 7) is 9.70. The summed E-state index contributed by atoms with van der Waals surface area (Å²) in [5.74, 6) is 1.23. The zero-order valence-corrected chi connectivity index (χ0v) is 20.3. The largest absolute Gasteiger partial charge is 0.497 e. The molecule has 1 saturated heterocycles. The van der Waals surface area contributed by atoms with Crippen LogP contribution in [0.3, 0.4) is 0 Å². The number of ether oxygens (including phenoxy) is 1. The number of aromatic nitrogens is 5. The van der Waals surface area contributed by atoms with Crippen molar-refractivity contribution in [2.24, 2.45) is 0 Å². The van der Waals surface area contributed by atoms with E-state index in [9.17, 15) is 9.59 Å². The third-order valence-electron chi connectivity index (χ3n) is 5.55. The third kappa shape index (κ3) is 5.03. The van der Waals surface area contributed by atoms with Crippen molar-refractivity contribution >= 4 is 11.3 Å². The van der Waals surface area contributed by atoms with Crippen LogP contribution in [-0.4, -0.2) is 44.8 Å². The van der Waals surface area contributed by atoms with E-state index in [-0.39, 0.29) is 0 Å². The standard InChI is InChI=1S/C21H20N6O3.2C2H6/c1-30-15-4-2-13(3-5-15)14-6-8-26(12-14)18-10-17(25-27-9-7-22-19(18)27)16-11-23-21(29)24-20(16)28;2*1-2/h2-5,7,9-11,14H,6,8,12H2,1H3,(H2,23,24,28,29);2*1-2H3.